The van der Waals surface area contributed by atoms with Crippen LogP contribution in [0.2, 0.25) is 0 Å². The molecular weight excluding hydrogens is 424 g/mol. The fraction of sp³-hybridized carbons (Fsp3) is 0.190. The third-order valence-corrected chi connectivity index (χ3v) is 5.65. The highest BCUT2D eigenvalue weighted by atomic mass is 32.2. The van der Waals surface area contributed by atoms with E-state index in [1.54, 1.807) is 30.3 Å². The highest BCUT2D eigenvalue weighted by Gasteiger charge is 2.34. The van der Waals surface area contributed by atoms with E-state index in [1.165, 1.54) is 21.3 Å². The molecule has 3 rings (SSSR count). The fourth-order valence-electron chi connectivity index (χ4n) is 2.74. The predicted octanol–water partition coefficient (Wildman–Crippen LogP) is 3.57. The van der Waals surface area contributed by atoms with Gasteiger partial charge in [0.2, 0.25) is 0 Å². The van der Waals surface area contributed by atoms with Crippen LogP contribution in [0.3, 0.4) is 0 Å². The molecule has 1 N–H and O–H groups in total. The van der Waals surface area contributed by atoms with Crippen LogP contribution in [0.1, 0.15) is 21.5 Å². The number of aryl methyl sites for hydroxylation is 1. The Morgan fingerprint density at radius 1 is 1.03 bits per heavy atom. The van der Waals surface area contributed by atoms with Crippen molar-refractivity contribution in [3.05, 3.63) is 58.0 Å². The Morgan fingerprint density at radius 2 is 1.63 bits per heavy atom. The molecule has 2 aromatic carbocycles. The molecule has 1 aliphatic heterocycles. The number of hydrogen-bond donors (Lipinski definition) is 1. The topological polar surface area (TPSA) is 77.1 Å². The average Bonchev–Trinajstić information content (AvgIpc) is 3.01. The first-order valence-corrected chi connectivity index (χ1v) is 10.1. The molecule has 1 fully saturated rings. The fourth-order valence-corrected chi connectivity index (χ4v) is 3.91. The second-order valence-corrected chi connectivity index (χ2v) is 7.95. The number of amides is 2. The Balaban J connectivity index is 1.86. The third kappa shape index (κ3) is 4.42. The molecule has 9 heteroatoms. The van der Waals surface area contributed by atoms with Crippen molar-refractivity contribution in [3.63, 3.8) is 0 Å². The van der Waals surface area contributed by atoms with Crippen molar-refractivity contribution in [2.24, 2.45) is 0 Å². The number of thioether (sulfide) groups is 1. The van der Waals surface area contributed by atoms with E-state index >= 15 is 0 Å². The van der Waals surface area contributed by atoms with Crippen LogP contribution < -0.4 is 19.6 Å². The highest BCUT2D eigenvalue weighted by molar-refractivity contribution is 8.26. The summed E-state index contributed by atoms with van der Waals surface area (Å²) in [7, 11) is 4.57. The molecule has 0 atom stereocenters. The molecule has 0 aromatic heterocycles. The number of hydrogen-bond acceptors (Lipinski definition) is 7. The molecule has 0 radical (unpaired) electrons. The molecule has 0 spiro atoms. The van der Waals surface area contributed by atoms with E-state index in [4.69, 9.17) is 26.4 Å². The summed E-state index contributed by atoms with van der Waals surface area (Å²) in [6, 6.07) is 10.4. The van der Waals surface area contributed by atoms with Gasteiger partial charge in [-0.25, -0.2) is 0 Å². The van der Waals surface area contributed by atoms with Gasteiger partial charge in [-0.2, -0.15) is 5.01 Å². The zero-order chi connectivity index (χ0) is 21.8. The number of nitrogens with one attached hydrogen (secondary N) is 1. The van der Waals surface area contributed by atoms with E-state index in [1.807, 2.05) is 19.1 Å². The van der Waals surface area contributed by atoms with Crippen molar-refractivity contribution in [1.82, 2.24) is 10.4 Å². The van der Waals surface area contributed by atoms with Crippen molar-refractivity contribution >= 4 is 46.2 Å². The van der Waals surface area contributed by atoms with Crippen LogP contribution in [0, 0.1) is 6.92 Å². The van der Waals surface area contributed by atoms with Crippen molar-refractivity contribution in [2.75, 3.05) is 21.3 Å². The van der Waals surface area contributed by atoms with Crippen LogP contribution in [-0.4, -0.2) is 42.5 Å². The summed E-state index contributed by atoms with van der Waals surface area (Å²) >= 11 is 6.37. The number of nitrogens with zero attached hydrogens (tertiary/aromatic N) is 1. The molecule has 2 aromatic rings. The summed E-state index contributed by atoms with van der Waals surface area (Å²) in [6.07, 6.45) is 1.64. The molecule has 1 aliphatic rings. The zero-order valence-corrected chi connectivity index (χ0v) is 18.5. The summed E-state index contributed by atoms with van der Waals surface area (Å²) in [4.78, 5) is 25.7. The van der Waals surface area contributed by atoms with Gasteiger partial charge in [0.25, 0.3) is 11.8 Å². The Morgan fingerprint density at radius 3 is 2.23 bits per heavy atom. The Hall–Kier alpha value is -3.04. The van der Waals surface area contributed by atoms with Gasteiger partial charge in [-0.1, -0.05) is 29.5 Å². The lowest BCUT2D eigenvalue weighted by molar-refractivity contribution is -0.123. The van der Waals surface area contributed by atoms with Gasteiger partial charge in [0.05, 0.1) is 26.2 Å². The van der Waals surface area contributed by atoms with Crippen molar-refractivity contribution in [2.45, 2.75) is 6.92 Å². The minimum atomic E-state index is -0.428. The van der Waals surface area contributed by atoms with Gasteiger partial charge in [0.15, 0.2) is 15.8 Å². The van der Waals surface area contributed by atoms with E-state index < -0.39 is 11.8 Å². The first-order chi connectivity index (χ1) is 14.4. The maximum atomic E-state index is 12.9. The van der Waals surface area contributed by atoms with Crippen LogP contribution in [0.5, 0.6) is 17.2 Å². The maximum absolute atomic E-state index is 12.9. The lowest BCUT2D eigenvalue weighted by atomic mass is 10.1. The molecule has 0 aliphatic carbocycles. The zero-order valence-electron chi connectivity index (χ0n) is 16.8. The van der Waals surface area contributed by atoms with E-state index in [9.17, 15) is 9.59 Å². The van der Waals surface area contributed by atoms with Crippen molar-refractivity contribution in [3.8, 4) is 17.2 Å². The number of rotatable bonds is 6. The second kappa shape index (κ2) is 9.19. The predicted molar refractivity (Wildman–Crippen MR) is 120 cm³/mol. The van der Waals surface area contributed by atoms with Crippen LogP contribution in [0.15, 0.2) is 41.3 Å². The first kappa shape index (κ1) is 21.7. The first-order valence-electron chi connectivity index (χ1n) is 8.83. The molecule has 30 heavy (non-hydrogen) atoms. The number of thiocarbonyl (C=S) groups is 1. The van der Waals surface area contributed by atoms with Crippen LogP contribution in [0.25, 0.3) is 6.08 Å². The molecule has 1 saturated heterocycles. The van der Waals surface area contributed by atoms with Crippen LogP contribution in [-0.2, 0) is 4.79 Å². The third-order valence-electron chi connectivity index (χ3n) is 4.34. The molecule has 0 bridgehead atoms. The van der Waals surface area contributed by atoms with Gasteiger partial charge in [-0.15, -0.1) is 0 Å². The van der Waals surface area contributed by atoms with Gasteiger partial charge in [-0.05, 0) is 43.4 Å². The van der Waals surface area contributed by atoms with Gasteiger partial charge < -0.3 is 14.2 Å². The maximum Gasteiger partial charge on any atom is 0.285 e. The monoisotopic (exact) mass is 444 g/mol. The summed E-state index contributed by atoms with van der Waals surface area (Å²) in [5, 5.41) is 1.07. The second-order valence-electron chi connectivity index (χ2n) is 6.27. The summed E-state index contributed by atoms with van der Waals surface area (Å²) in [6.45, 7) is 1.93. The summed E-state index contributed by atoms with van der Waals surface area (Å²) < 4.78 is 16.2. The van der Waals surface area contributed by atoms with Crippen molar-refractivity contribution < 1.29 is 23.8 Å². The number of methoxy groups -OCH3 is 3. The normalized spacial score (nSPS) is 14.8. The van der Waals surface area contributed by atoms with Gasteiger partial charge in [0.1, 0.15) is 5.75 Å². The molecular formula is C21H20N2O5S2. The quantitative estimate of drug-likeness (QED) is 0.539. The lowest BCUT2D eigenvalue weighted by Crippen LogP contribution is -2.44. The van der Waals surface area contributed by atoms with Crippen molar-refractivity contribution in [1.29, 1.82) is 0 Å². The smallest absolute Gasteiger partial charge is 0.285 e. The molecule has 156 valence electrons. The highest BCUT2D eigenvalue weighted by Crippen LogP contribution is 2.38. The lowest BCUT2D eigenvalue weighted by Gasteiger charge is -2.15. The number of hydrazine groups is 1. The Labute approximate surface area is 184 Å². The number of ether oxygens (including phenoxy) is 3. The van der Waals surface area contributed by atoms with E-state index in [-0.39, 0.29) is 4.32 Å². The van der Waals surface area contributed by atoms with Gasteiger partial charge in [-0.3, -0.25) is 15.0 Å². The van der Waals surface area contributed by atoms with Crippen LogP contribution >= 0.6 is 24.0 Å². The number of benzene rings is 2. The largest absolute Gasteiger partial charge is 0.496 e. The Bertz CT molecular complexity index is 1030. The molecule has 7 nitrogen and oxygen atoms in total. The Kier molecular flexibility index (Phi) is 6.63. The summed E-state index contributed by atoms with van der Waals surface area (Å²) in [5.74, 6) is 0.650. The molecule has 0 unspecified atom stereocenters. The molecule has 1 heterocycles. The van der Waals surface area contributed by atoms with E-state index in [0.717, 1.165) is 22.3 Å². The van der Waals surface area contributed by atoms with Crippen LogP contribution in [0.4, 0.5) is 0 Å². The minimum absolute atomic E-state index is 0.228. The van der Waals surface area contributed by atoms with E-state index in [2.05, 4.69) is 5.43 Å². The minimum Gasteiger partial charge on any atom is -0.496 e. The number of carbonyl (C=O) groups excluding carboxylic acids is 2. The SMILES string of the molecule is COc1cc(OC)c(OC)cc1/C=C1\SC(=S)N(NC(=O)c2ccc(C)cc2)C1=O. The standard InChI is InChI=1S/C21H20N2O5S2/c1-12-5-7-13(8-6-12)19(24)22-23-20(25)18(30-21(23)29)10-14-9-16(27-3)17(28-4)11-15(14)26-2/h5-11H,1-4H3,(H,22,24)/b18-10-. The van der Waals surface area contributed by atoms with Gasteiger partial charge >= 0.3 is 0 Å². The molecule has 2 amide bonds. The molecule has 0 saturated carbocycles. The van der Waals surface area contributed by atoms with E-state index in [0.29, 0.717) is 33.3 Å². The number of carbonyl (C=O) groups is 2. The summed E-state index contributed by atoms with van der Waals surface area (Å²) in [5.41, 5.74) is 4.64. The van der Waals surface area contributed by atoms with Gasteiger partial charge in [0, 0.05) is 17.2 Å². The average molecular weight is 445 g/mol.